The zero-order chi connectivity index (χ0) is 23.4. The molecule has 2 aromatic heterocycles. The number of carbonyl (C=O) groups is 1. The lowest BCUT2D eigenvalue weighted by molar-refractivity contribution is 0.0728. The van der Waals surface area contributed by atoms with Crippen molar-refractivity contribution in [3.05, 3.63) is 79.6 Å². The van der Waals surface area contributed by atoms with Crippen molar-refractivity contribution in [1.82, 2.24) is 19.9 Å². The Labute approximate surface area is 210 Å². The van der Waals surface area contributed by atoms with Crippen LogP contribution in [-0.2, 0) is 0 Å². The summed E-state index contributed by atoms with van der Waals surface area (Å²) in [6.45, 7) is 8.42. The lowest BCUT2D eigenvalue weighted by Crippen LogP contribution is -2.31. The third-order valence-electron chi connectivity index (χ3n) is 5.82. The number of H-pyrrole nitrogens is 1. The van der Waals surface area contributed by atoms with Crippen molar-refractivity contribution >= 4 is 63.1 Å². The van der Waals surface area contributed by atoms with E-state index in [4.69, 9.17) is 39.8 Å². The number of hydrogen-bond donors (Lipinski definition) is 1. The molecule has 1 N–H and O–H groups in total. The quantitative estimate of drug-likeness (QED) is 0.288. The Morgan fingerprint density at radius 1 is 1.12 bits per heavy atom. The fourth-order valence-corrected chi connectivity index (χ4v) is 5.53. The Morgan fingerprint density at radius 2 is 1.88 bits per heavy atom. The molecule has 9 heteroatoms. The van der Waals surface area contributed by atoms with Gasteiger partial charge in [0.1, 0.15) is 11.5 Å². The second-order valence-corrected chi connectivity index (χ2v) is 10.6. The molecule has 4 aromatic rings. The predicted octanol–water partition coefficient (Wildman–Crippen LogP) is 7.41. The summed E-state index contributed by atoms with van der Waals surface area (Å²) in [5.41, 5.74) is 4.79. The summed E-state index contributed by atoms with van der Waals surface area (Å²) in [6, 6.07) is 8.79. The van der Waals surface area contributed by atoms with E-state index in [-0.39, 0.29) is 11.9 Å². The van der Waals surface area contributed by atoms with Crippen LogP contribution in [0.5, 0.6) is 0 Å². The molecule has 1 amide bonds. The number of aromatic amines is 1. The van der Waals surface area contributed by atoms with Crippen LogP contribution in [0.3, 0.4) is 0 Å². The van der Waals surface area contributed by atoms with Gasteiger partial charge in [-0.2, -0.15) is 0 Å². The highest BCUT2D eigenvalue weighted by atomic mass is 35.5. The fourth-order valence-electron chi connectivity index (χ4n) is 4.16. The largest absolute Gasteiger partial charge is 0.340 e. The van der Waals surface area contributed by atoms with Gasteiger partial charge in [0.25, 0.3) is 5.91 Å². The van der Waals surface area contributed by atoms with Crippen LogP contribution in [0.25, 0.3) is 21.5 Å². The Morgan fingerprint density at radius 3 is 2.64 bits per heavy atom. The molecule has 1 saturated heterocycles. The number of halogens is 3. The molecule has 1 atom stereocenters. The van der Waals surface area contributed by atoms with Crippen LogP contribution in [-0.4, -0.2) is 32.3 Å². The Bertz CT molecular complexity index is 1440. The predicted molar refractivity (Wildman–Crippen MR) is 136 cm³/mol. The molecule has 1 aliphatic heterocycles. The van der Waals surface area contributed by atoms with Gasteiger partial charge in [-0.15, -0.1) is 11.3 Å². The number of carbonyl (C=O) groups excluding carboxylic acids is 1. The van der Waals surface area contributed by atoms with Crippen molar-refractivity contribution in [1.29, 1.82) is 0 Å². The first-order valence-electron chi connectivity index (χ1n) is 10.3. The summed E-state index contributed by atoms with van der Waals surface area (Å²) in [5.74, 6) is 0.546. The van der Waals surface area contributed by atoms with Gasteiger partial charge in [-0.3, -0.25) is 4.79 Å². The highest BCUT2D eigenvalue weighted by Crippen LogP contribution is 2.39. The van der Waals surface area contributed by atoms with E-state index in [1.807, 2.05) is 32.0 Å². The van der Waals surface area contributed by atoms with E-state index in [9.17, 15) is 4.79 Å². The highest BCUT2D eigenvalue weighted by molar-refractivity contribution is 7.15. The molecule has 0 bridgehead atoms. The summed E-state index contributed by atoms with van der Waals surface area (Å²) in [5, 5.41) is 2.36. The van der Waals surface area contributed by atoms with Crippen LogP contribution < -0.4 is 0 Å². The molecule has 1 fully saturated rings. The van der Waals surface area contributed by atoms with E-state index in [1.165, 1.54) is 11.3 Å². The highest BCUT2D eigenvalue weighted by Gasteiger charge is 2.37. The zero-order valence-corrected chi connectivity index (χ0v) is 21.0. The maximum atomic E-state index is 13.8. The average Bonchev–Trinajstić information content (AvgIpc) is 3.48. The first kappa shape index (κ1) is 22.4. The number of hydrogen-bond acceptors (Lipinski definition) is 4. The molecule has 2 aromatic carbocycles. The second-order valence-electron chi connectivity index (χ2n) is 8.13. The normalized spacial score (nSPS) is 16.2. The SMILES string of the molecule is C=C1CC(c2nc3ccc(Cl)c(C)c3[nH]2)N(C(=O)c2nc(C)sc2-c2ccc(Cl)c(Cl)c2)C1. The van der Waals surface area contributed by atoms with Crippen LogP contribution in [0.4, 0.5) is 0 Å². The zero-order valence-electron chi connectivity index (χ0n) is 17.9. The van der Waals surface area contributed by atoms with E-state index in [0.29, 0.717) is 39.6 Å². The molecule has 0 saturated carbocycles. The number of thiazole rings is 1. The van der Waals surface area contributed by atoms with E-state index >= 15 is 0 Å². The molecule has 33 heavy (non-hydrogen) atoms. The second kappa shape index (κ2) is 8.44. The van der Waals surface area contributed by atoms with Crippen molar-refractivity contribution in [3.63, 3.8) is 0 Å². The van der Waals surface area contributed by atoms with Gasteiger partial charge >= 0.3 is 0 Å². The number of nitrogens with zero attached hydrogens (tertiary/aromatic N) is 3. The number of aryl methyl sites for hydroxylation is 2. The first-order chi connectivity index (χ1) is 15.7. The van der Waals surface area contributed by atoms with E-state index in [0.717, 1.165) is 37.6 Å². The fraction of sp³-hybridized carbons (Fsp3) is 0.208. The summed E-state index contributed by atoms with van der Waals surface area (Å²) in [6.07, 6.45) is 0.629. The van der Waals surface area contributed by atoms with Gasteiger partial charge in [-0.25, -0.2) is 9.97 Å². The molecule has 0 spiro atoms. The first-order valence-corrected chi connectivity index (χ1v) is 12.2. The lowest BCUT2D eigenvalue weighted by Gasteiger charge is -2.22. The molecule has 5 rings (SSSR count). The van der Waals surface area contributed by atoms with Gasteiger partial charge in [0.2, 0.25) is 0 Å². The molecule has 5 nitrogen and oxygen atoms in total. The number of nitrogens with one attached hydrogen (secondary N) is 1. The molecular formula is C24H19Cl3N4OS. The van der Waals surface area contributed by atoms with Crippen LogP contribution in [0.15, 0.2) is 42.5 Å². The number of aromatic nitrogens is 3. The van der Waals surface area contributed by atoms with Crippen molar-refractivity contribution in [3.8, 4) is 10.4 Å². The summed E-state index contributed by atoms with van der Waals surface area (Å²) in [7, 11) is 0. The molecule has 168 valence electrons. The van der Waals surface area contributed by atoms with Gasteiger partial charge < -0.3 is 9.88 Å². The van der Waals surface area contributed by atoms with Gasteiger partial charge in [-0.1, -0.05) is 53.0 Å². The maximum Gasteiger partial charge on any atom is 0.274 e. The lowest BCUT2D eigenvalue weighted by atomic mass is 10.1. The summed E-state index contributed by atoms with van der Waals surface area (Å²) >= 11 is 20.1. The number of likely N-dealkylation sites (tertiary alicyclic amines) is 1. The number of imidazole rings is 1. The minimum absolute atomic E-state index is 0.167. The third kappa shape index (κ3) is 3.95. The summed E-state index contributed by atoms with van der Waals surface area (Å²) < 4.78 is 0. The number of benzene rings is 2. The van der Waals surface area contributed by atoms with Gasteiger partial charge in [0, 0.05) is 11.6 Å². The Kier molecular flexibility index (Phi) is 5.73. The maximum absolute atomic E-state index is 13.8. The van der Waals surface area contributed by atoms with Gasteiger partial charge in [0.05, 0.1) is 37.0 Å². The topological polar surface area (TPSA) is 61.9 Å². The minimum atomic E-state index is -0.265. The minimum Gasteiger partial charge on any atom is -0.340 e. The average molecular weight is 518 g/mol. The van der Waals surface area contributed by atoms with Crippen molar-refractivity contribution in [2.45, 2.75) is 26.3 Å². The van der Waals surface area contributed by atoms with Crippen molar-refractivity contribution in [2.75, 3.05) is 6.54 Å². The number of fused-ring (bicyclic) bond motifs is 1. The van der Waals surface area contributed by atoms with Crippen molar-refractivity contribution in [2.24, 2.45) is 0 Å². The van der Waals surface area contributed by atoms with Crippen molar-refractivity contribution < 1.29 is 4.79 Å². The number of rotatable bonds is 3. The molecule has 0 radical (unpaired) electrons. The van der Waals surface area contributed by atoms with Gasteiger partial charge in [-0.05, 0) is 55.7 Å². The molecule has 0 aliphatic carbocycles. The number of amides is 1. The monoisotopic (exact) mass is 516 g/mol. The van der Waals surface area contributed by atoms with Crippen LogP contribution >= 0.6 is 46.1 Å². The molecule has 3 heterocycles. The smallest absolute Gasteiger partial charge is 0.274 e. The summed E-state index contributed by atoms with van der Waals surface area (Å²) in [4.78, 5) is 29.1. The third-order valence-corrected chi connectivity index (χ3v) is 7.99. The Balaban J connectivity index is 1.55. The van der Waals surface area contributed by atoms with E-state index in [1.54, 1.807) is 17.0 Å². The van der Waals surface area contributed by atoms with Crippen LogP contribution in [0.2, 0.25) is 15.1 Å². The van der Waals surface area contributed by atoms with E-state index in [2.05, 4.69) is 16.5 Å². The van der Waals surface area contributed by atoms with E-state index < -0.39 is 0 Å². The standard InChI is InChI=1S/C24H19Cl3N4OS/c1-11-8-19(23-29-18-7-6-15(25)12(2)20(18)30-23)31(10-11)24(32)21-22(33-13(3)28-21)14-4-5-16(26)17(27)9-14/h4-7,9,19H,1,8,10H2,2-3H3,(H,29,30). The molecular weight excluding hydrogens is 499 g/mol. The van der Waals surface area contributed by atoms with Crippen LogP contribution in [0.1, 0.15) is 39.3 Å². The van der Waals surface area contributed by atoms with Gasteiger partial charge in [0.15, 0.2) is 0 Å². The Hall–Kier alpha value is -2.38. The molecule has 1 aliphatic rings. The van der Waals surface area contributed by atoms with Crippen LogP contribution in [0, 0.1) is 13.8 Å². The molecule has 1 unspecified atom stereocenters.